The summed E-state index contributed by atoms with van der Waals surface area (Å²) in [4.78, 5) is 14.6. The first-order valence-electron chi connectivity index (χ1n) is 11.7. The van der Waals surface area contributed by atoms with Gasteiger partial charge < -0.3 is 15.5 Å². The van der Waals surface area contributed by atoms with E-state index in [4.69, 9.17) is 9.98 Å². The number of hydrogen-bond donors (Lipinski definition) is 2. The van der Waals surface area contributed by atoms with Gasteiger partial charge >= 0.3 is 0 Å². The molecule has 4 rings (SSSR count). The maximum atomic E-state index is 4.84. The molecule has 0 bridgehead atoms. The van der Waals surface area contributed by atoms with E-state index in [-0.39, 0.29) is 24.0 Å². The standard InChI is InChI=1S/C24H36N6S.HI/c1-3-25-23(26-12-11-21-18-31-24(28-21)29-13-7-8-14-29)27-22-15-19(2)30(17-22)16-20-9-5-4-6-10-20;/h4-6,9-10,18-19,22H,3,7-8,11-17H2,1-2H3,(H2,25,26,27);1H. The molecule has 8 heteroatoms. The zero-order valence-electron chi connectivity index (χ0n) is 19.3. The second-order valence-electron chi connectivity index (χ2n) is 8.67. The molecule has 6 nitrogen and oxygen atoms in total. The van der Waals surface area contributed by atoms with Gasteiger partial charge in [-0.05, 0) is 38.7 Å². The van der Waals surface area contributed by atoms with Crippen molar-refractivity contribution in [3.63, 3.8) is 0 Å². The minimum atomic E-state index is 0. The quantitative estimate of drug-likeness (QED) is 0.285. The first-order chi connectivity index (χ1) is 15.2. The molecule has 0 spiro atoms. The lowest BCUT2D eigenvalue weighted by Gasteiger charge is -2.21. The molecule has 2 N–H and O–H groups in total. The summed E-state index contributed by atoms with van der Waals surface area (Å²) in [6.45, 7) is 10.4. The SMILES string of the molecule is CCNC(=NCCc1csc(N2CCCC2)n1)NC1CC(C)N(Cc2ccccc2)C1.I. The van der Waals surface area contributed by atoms with Gasteiger partial charge in [0.05, 0.1) is 5.69 Å². The third-order valence-electron chi connectivity index (χ3n) is 6.17. The van der Waals surface area contributed by atoms with Crippen LogP contribution < -0.4 is 15.5 Å². The molecule has 2 unspecified atom stereocenters. The summed E-state index contributed by atoms with van der Waals surface area (Å²) in [5.41, 5.74) is 2.54. The largest absolute Gasteiger partial charge is 0.357 e. The van der Waals surface area contributed by atoms with Crippen molar-refractivity contribution in [3.8, 4) is 0 Å². The van der Waals surface area contributed by atoms with Crippen LogP contribution >= 0.6 is 35.3 Å². The summed E-state index contributed by atoms with van der Waals surface area (Å²) in [5.74, 6) is 0.927. The number of guanidine groups is 1. The van der Waals surface area contributed by atoms with E-state index in [2.05, 4.69) is 70.0 Å². The van der Waals surface area contributed by atoms with E-state index in [0.717, 1.165) is 63.8 Å². The average Bonchev–Trinajstić information content (AvgIpc) is 3.51. The monoisotopic (exact) mass is 568 g/mol. The highest BCUT2D eigenvalue weighted by atomic mass is 127. The van der Waals surface area contributed by atoms with Gasteiger partial charge in [-0.3, -0.25) is 9.89 Å². The molecule has 0 saturated carbocycles. The lowest BCUT2D eigenvalue weighted by molar-refractivity contribution is 0.258. The molecular weight excluding hydrogens is 531 g/mol. The molecule has 0 amide bonds. The molecule has 32 heavy (non-hydrogen) atoms. The molecule has 0 aliphatic carbocycles. The molecule has 176 valence electrons. The normalized spacial score (nSPS) is 21.6. The first kappa shape index (κ1) is 25.2. The van der Waals surface area contributed by atoms with Gasteiger partial charge in [-0.2, -0.15) is 0 Å². The fourth-order valence-corrected chi connectivity index (χ4v) is 5.42. The van der Waals surface area contributed by atoms with Crippen molar-refractivity contribution < 1.29 is 0 Å². The van der Waals surface area contributed by atoms with E-state index in [1.807, 2.05) is 0 Å². The van der Waals surface area contributed by atoms with Crippen molar-refractivity contribution in [3.05, 3.63) is 47.0 Å². The van der Waals surface area contributed by atoms with Gasteiger partial charge in [0, 0.05) is 63.2 Å². The lowest BCUT2D eigenvalue weighted by Crippen LogP contribution is -2.44. The van der Waals surface area contributed by atoms with Crippen LogP contribution in [-0.2, 0) is 13.0 Å². The Morgan fingerprint density at radius 1 is 1.22 bits per heavy atom. The maximum absolute atomic E-state index is 4.84. The first-order valence-corrected chi connectivity index (χ1v) is 12.6. The Balaban J connectivity index is 0.00000289. The molecule has 2 aliphatic rings. The number of halogens is 1. The number of thiazole rings is 1. The van der Waals surface area contributed by atoms with Crippen LogP contribution in [0.15, 0.2) is 40.7 Å². The number of aliphatic imine (C=N–C) groups is 1. The van der Waals surface area contributed by atoms with Gasteiger partial charge in [0.15, 0.2) is 11.1 Å². The predicted octanol–water partition coefficient (Wildman–Crippen LogP) is 4.12. The van der Waals surface area contributed by atoms with Crippen LogP contribution in [-0.4, -0.2) is 60.7 Å². The Morgan fingerprint density at radius 2 is 2.00 bits per heavy atom. The van der Waals surface area contributed by atoms with Crippen LogP contribution in [0.2, 0.25) is 0 Å². The summed E-state index contributed by atoms with van der Waals surface area (Å²) < 4.78 is 0. The van der Waals surface area contributed by atoms with E-state index < -0.39 is 0 Å². The number of nitrogens with one attached hydrogen (secondary N) is 2. The minimum Gasteiger partial charge on any atom is -0.357 e. The number of nitrogens with zero attached hydrogens (tertiary/aromatic N) is 4. The van der Waals surface area contributed by atoms with Gasteiger partial charge in [-0.15, -0.1) is 35.3 Å². The molecule has 1 aromatic heterocycles. The van der Waals surface area contributed by atoms with Crippen LogP contribution in [0, 0.1) is 0 Å². The van der Waals surface area contributed by atoms with Gasteiger partial charge in [0.1, 0.15) is 0 Å². The topological polar surface area (TPSA) is 55.8 Å². The average molecular weight is 569 g/mol. The van der Waals surface area contributed by atoms with E-state index in [9.17, 15) is 0 Å². The molecule has 2 aliphatic heterocycles. The highest BCUT2D eigenvalue weighted by Crippen LogP contribution is 2.24. The van der Waals surface area contributed by atoms with E-state index in [1.165, 1.54) is 23.5 Å². The van der Waals surface area contributed by atoms with Crippen LogP contribution in [0.25, 0.3) is 0 Å². The van der Waals surface area contributed by atoms with Crippen LogP contribution in [0.1, 0.15) is 44.4 Å². The number of benzene rings is 1. The molecular formula is C24H37IN6S. The number of likely N-dealkylation sites (tertiary alicyclic amines) is 1. The van der Waals surface area contributed by atoms with Crippen molar-refractivity contribution in [1.82, 2.24) is 20.5 Å². The lowest BCUT2D eigenvalue weighted by atomic mass is 10.2. The Kier molecular flexibility index (Phi) is 10.1. The highest BCUT2D eigenvalue weighted by Gasteiger charge is 2.29. The number of anilines is 1. The molecule has 2 fully saturated rings. The Morgan fingerprint density at radius 3 is 2.75 bits per heavy atom. The maximum Gasteiger partial charge on any atom is 0.191 e. The van der Waals surface area contributed by atoms with E-state index >= 15 is 0 Å². The fourth-order valence-electron chi connectivity index (χ4n) is 4.50. The minimum absolute atomic E-state index is 0. The molecule has 2 aromatic rings. The Bertz CT molecular complexity index is 836. The second kappa shape index (κ2) is 12.7. The fraction of sp³-hybridized carbons (Fsp3) is 0.583. The van der Waals surface area contributed by atoms with Gasteiger partial charge in [0.25, 0.3) is 0 Å². The van der Waals surface area contributed by atoms with Crippen molar-refractivity contribution in [2.45, 2.75) is 58.2 Å². The molecule has 2 atom stereocenters. The van der Waals surface area contributed by atoms with Crippen LogP contribution in [0.4, 0.5) is 5.13 Å². The van der Waals surface area contributed by atoms with Crippen LogP contribution in [0.5, 0.6) is 0 Å². The van der Waals surface area contributed by atoms with Crippen molar-refractivity contribution in [2.75, 3.05) is 37.6 Å². The van der Waals surface area contributed by atoms with Gasteiger partial charge in [-0.1, -0.05) is 30.3 Å². The highest BCUT2D eigenvalue weighted by molar-refractivity contribution is 14.0. The summed E-state index contributed by atoms with van der Waals surface area (Å²) in [6.07, 6.45) is 4.61. The van der Waals surface area contributed by atoms with E-state index in [0.29, 0.717) is 12.1 Å². The zero-order chi connectivity index (χ0) is 21.5. The third-order valence-corrected chi connectivity index (χ3v) is 7.12. The van der Waals surface area contributed by atoms with Crippen molar-refractivity contribution in [1.29, 1.82) is 0 Å². The molecule has 2 saturated heterocycles. The number of rotatable bonds is 8. The zero-order valence-corrected chi connectivity index (χ0v) is 22.4. The molecule has 0 radical (unpaired) electrons. The third kappa shape index (κ3) is 7.05. The number of aromatic nitrogens is 1. The van der Waals surface area contributed by atoms with E-state index in [1.54, 1.807) is 11.3 Å². The summed E-state index contributed by atoms with van der Waals surface area (Å²) >= 11 is 1.77. The summed E-state index contributed by atoms with van der Waals surface area (Å²) in [6, 6.07) is 11.8. The molecule has 1 aromatic carbocycles. The molecule has 3 heterocycles. The van der Waals surface area contributed by atoms with Gasteiger partial charge in [0.2, 0.25) is 0 Å². The summed E-state index contributed by atoms with van der Waals surface area (Å²) in [5, 5.41) is 10.5. The number of hydrogen-bond acceptors (Lipinski definition) is 5. The van der Waals surface area contributed by atoms with Crippen molar-refractivity contribution >= 4 is 46.4 Å². The summed E-state index contributed by atoms with van der Waals surface area (Å²) in [7, 11) is 0. The Labute approximate surface area is 213 Å². The van der Waals surface area contributed by atoms with Crippen LogP contribution in [0.3, 0.4) is 0 Å². The second-order valence-corrected chi connectivity index (χ2v) is 9.50. The predicted molar refractivity (Wildman–Crippen MR) is 147 cm³/mol. The smallest absolute Gasteiger partial charge is 0.191 e. The van der Waals surface area contributed by atoms with Crippen molar-refractivity contribution in [2.24, 2.45) is 4.99 Å². The Hall–Kier alpha value is -1.39. The van der Waals surface area contributed by atoms with Gasteiger partial charge in [-0.25, -0.2) is 4.98 Å².